The van der Waals surface area contributed by atoms with Crippen LogP contribution in [0.15, 0.2) is 52.1 Å². The lowest BCUT2D eigenvalue weighted by Gasteiger charge is -2.28. The van der Waals surface area contributed by atoms with E-state index < -0.39 is 23.5 Å². The molecule has 7 heteroatoms. The van der Waals surface area contributed by atoms with Crippen molar-refractivity contribution in [2.75, 3.05) is 13.2 Å². The lowest BCUT2D eigenvalue weighted by molar-refractivity contribution is -0.131. The van der Waals surface area contributed by atoms with Crippen LogP contribution in [0.25, 0.3) is 0 Å². The van der Waals surface area contributed by atoms with E-state index in [9.17, 15) is 14.7 Å². The Morgan fingerprint density at radius 3 is 2.79 bits per heavy atom. The van der Waals surface area contributed by atoms with Crippen LogP contribution in [0.2, 0.25) is 5.02 Å². The van der Waals surface area contributed by atoms with Crippen LogP contribution < -0.4 is 0 Å². The van der Waals surface area contributed by atoms with Gasteiger partial charge in [-0.3, -0.25) is 9.59 Å². The molecule has 28 heavy (non-hydrogen) atoms. The van der Waals surface area contributed by atoms with Crippen molar-refractivity contribution in [2.45, 2.75) is 31.9 Å². The van der Waals surface area contributed by atoms with Crippen LogP contribution in [0.3, 0.4) is 0 Å². The maximum atomic E-state index is 13.1. The summed E-state index contributed by atoms with van der Waals surface area (Å²) >= 11 is 6.15. The van der Waals surface area contributed by atoms with Crippen molar-refractivity contribution in [3.05, 3.63) is 69.8 Å². The van der Waals surface area contributed by atoms with Crippen molar-refractivity contribution in [2.24, 2.45) is 0 Å². The third-order valence-electron chi connectivity index (χ3n) is 5.10. The number of rotatable bonds is 5. The number of benzene rings is 1. The molecule has 6 nitrogen and oxygen atoms in total. The third-order valence-corrected chi connectivity index (χ3v) is 5.34. The summed E-state index contributed by atoms with van der Waals surface area (Å²) in [5, 5.41) is 11.1. The van der Waals surface area contributed by atoms with Gasteiger partial charge in [-0.05, 0) is 49.6 Å². The Bertz CT molecular complexity index is 957. The number of hydrogen-bond acceptors (Lipinski definition) is 5. The smallest absolute Gasteiger partial charge is 0.290 e. The second-order valence-electron chi connectivity index (χ2n) is 7.05. The molecule has 0 spiro atoms. The first kappa shape index (κ1) is 18.8. The Morgan fingerprint density at radius 1 is 1.32 bits per heavy atom. The molecule has 0 aliphatic carbocycles. The van der Waals surface area contributed by atoms with Crippen LogP contribution >= 0.6 is 11.6 Å². The fourth-order valence-electron chi connectivity index (χ4n) is 3.79. The molecule has 1 aromatic heterocycles. The Kier molecular flexibility index (Phi) is 5.00. The number of halogens is 1. The molecule has 0 bridgehead atoms. The topological polar surface area (TPSA) is 80.0 Å². The maximum Gasteiger partial charge on any atom is 0.290 e. The number of ether oxygens (including phenoxy) is 1. The summed E-state index contributed by atoms with van der Waals surface area (Å²) < 4.78 is 11.1. The number of amides is 1. The number of furan rings is 1. The number of carbonyl (C=O) groups is 2. The molecule has 146 valence electrons. The number of Topliss-reactive ketones (excluding diaryl/α,β-unsaturated/α-hetero) is 1. The molecule has 0 saturated carbocycles. The number of aliphatic hydroxyl groups is 1. The van der Waals surface area contributed by atoms with Gasteiger partial charge in [-0.1, -0.05) is 23.7 Å². The quantitative estimate of drug-likeness (QED) is 0.766. The molecule has 0 radical (unpaired) electrons. The van der Waals surface area contributed by atoms with Gasteiger partial charge >= 0.3 is 0 Å². The number of aryl methyl sites for hydroxylation is 1. The molecular weight excluding hydrogens is 382 g/mol. The van der Waals surface area contributed by atoms with Crippen LogP contribution in [-0.4, -0.2) is 41.0 Å². The summed E-state index contributed by atoms with van der Waals surface area (Å²) in [5.74, 6) is -1.01. The van der Waals surface area contributed by atoms with E-state index in [0.717, 1.165) is 12.8 Å². The first-order valence-corrected chi connectivity index (χ1v) is 9.56. The molecule has 1 amide bonds. The highest BCUT2D eigenvalue weighted by Gasteiger charge is 2.45. The van der Waals surface area contributed by atoms with Crippen LogP contribution in [0.5, 0.6) is 0 Å². The maximum absolute atomic E-state index is 13.1. The SMILES string of the molecule is Cc1ccc(C(=O)C2=C(O)C(=O)N(C[C@H]3CCCO3)[C@H]2c2cccc(Cl)c2)o1. The van der Waals surface area contributed by atoms with E-state index in [1.54, 1.807) is 43.3 Å². The fraction of sp³-hybridized carbons (Fsp3) is 0.333. The molecule has 0 unspecified atom stereocenters. The second kappa shape index (κ2) is 7.45. The van der Waals surface area contributed by atoms with E-state index in [0.29, 0.717) is 23.0 Å². The average molecular weight is 402 g/mol. The van der Waals surface area contributed by atoms with Gasteiger partial charge in [-0.25, -0.2) is 0 Å². The zero-order valence-electron chi connectivity index (χ0n) is 15.4. The van der Waals surface area contributed by atoms with Crippen molar-refractivity contribution in [3.8, 4) is 0 Å². The molecule has 1 aromatic carbocycles. The van der Waals surface area contributed by atoms with Gasteiger partial charge in [0.05, 0.1) is 17.7 Å². The van der Waals surface area contributed by atoms with Crippen LogP contribution in [0.4, 0.5) is 0 Å². The summed E-state index contributed by atoms with van der Waals surface area (Å²) in [4.78, 5) is 27.5. The molecule has 2 aliphatic rings. The minimum absolute atomic E-state index is 0.000358. The molecule has 2 atom stereocenters. The van der Waals surface area contributed by atoms with Gasteiger partial charge < -0.3 is 19.2 Å². The van der Waals surface area contributed by atoms with E-state index >= 15 is 0 Å². The molecule has 3 heterocycles. The average Bonchev–Trinajstić information content (AvgIpc) is 3.38. The molecule has 1 fully saturated rings. The van der Waals surface area contributed by atoms with E-state index in [1.165, 1.54) is 4.90 Å². The van der Waals surface area contributed by atoms with Gasteiger partial charge in [-0.2, -0.15) is 0 Å². The lowest BCUT2D eigenvalue weighted by atomic mass is 9.95. The number of hydrogen-bond donors (Lipinski definition) is 1. The Labute approximate surface area is 167 Å². The summed E-state index contributed by atoms with van der Waals surface area (Å²) in [6, 6.07) is 9.40. The zero-order valence-corrected chi connectivity index (χ0v) is 16.1. The van der Waals surface area contributed by atoms with Crippen molar-refractivity contribution in [3.63, 3.8) is 0 Å². The summed E-state index contributed by atoms with van der Waals surface area (Å²) in [7, 11) is 0. The molecule has 1 saturated heterocycles. The highest BCUT2D eigenvalue weighted by molar-refractivity contribution is 6.30. The minimum Gasteiger partial charge on any atom is -0.503 e. The fourth-order valence-corrected chi connectivity index (χ4v) is 3.99. The lowest BCUT2D eigenvalue weighted by Crippen LogP contribution is -2.37. The van der Waals surface area contributed by atoms with Crippen molar-refractivity contribution in [1.29, 1.82) is 0 Å². The minimum atomic E-state index is -0.756. The van der Waals surface area contributed by atoms with Crippen LogP contribution in [0.1, 0.15) is 40.8 Å². The standard InChI is InChI=1S/C21H20ClNO5/c1-12-7-8-16(28-12)19(24)17-18(13-4-2-5-14(22)10-13)23(21(26)20(17)25)11-15-6-3-9-27-15/h2,4-5,7-8,10,15,18,25H,3,6,9,11H2,1H3/t15-,18+/m1/s1. The molecular formula is C21H20ClNO5. The predicted octanol–water partition coefficient (Wildman–Crippen LogP) is 4.00. The largest absolute Gasteiger partial charge is 0.503 e. The van der Waals surface area contributed by atoms with Gasteiger partial charge in [0.15, 0.2) is 11.5 Å². The summed E-state index contributed by atoms with van der Waals surface area (Å²) in [5.41, 5.74) is 0.647. The molecule has 4 rings (SSSR count). The van der Waals surface area contributed by atoms with Crippen molar-refractivity contribution < 1.29 is 23.8 Å². The van der Waals surface area contributed by atoms with Gasteiger partial charge in [-0.15, -0.1) is 0 Å². The molecule has 2 aliphatic heterocycles. The number of carbonyl (C=O) groups excluding carboxylic acids is 2. The number of ketones is 1. The predicted molar refractivity (Wildman–Crippen MR) is 102 cm³/mol. The summed E-state index contributed by atoms with van der Waals surface area (Å²) in [6.07, 6.45) is 1.62. The Morgan fingerprint density at radius 2 is 2.14 bits per heavy atom. The van der Waals surface area contributed by atoms with Gasteiger partial charge in [0.1, 0.15) is 5.76 Å². The zero-order chi connectivity index (χ0) is 19.8. The monoisotopic (exact) mass is 401 g/mol. The van der Waals surface area contributed by atoms with Gasteiger partial charge in [0.25, 0.3) is 5.91 Å². The first-order chi connectivity index (χ1) is 13.5. The molecule has 2 aromatic rings. The molecule has 1 N–H and O–H groups in total. The number of aliphatic hydroxyl groups excluding tert-OH is 1. The first-order valence-electron chi connectivity index (χ1n) is 9.18. The summed E-state index contributed by atoms with van der Waals surface area (Å²) in [6.45, 7) is 2.66. The Hall–Kier alpha value is -2.57. The normalized spacial score (nSPS) is 22.4. The van der Waals surface area contributed by atoms with E-state index in [2.05, 4.69) is 0 Å². The van der Waals surface area contributed by atoms with Crippen molar-refractivity contribution in [1.82, 2.24) is 4.90 Å². The number of nitrogens with zero attached hydrogens (tertiary/aromatic N) is 1. The van der Waals surface area contributed by atoms with Crippen LogP contribution in [-0.2, 0) is 9.53 Å². The van der Waals surface area contributed by atoms with Gasteiger partial charge in [0.2, 0.25) is 5.78 Å². The van der Waals surface area contributed by atoms with E-state index in [4.69, 9.17) is 20.8 Å². The highest BCUT2D eigenvalue weighted by atomic mass is 35.5. The van der Waals surface area contributed by atoms with E-state index in [1.807, 2.05) is 0 Å². The van der Waals surface area contributed by atoms with E-state index in [-0.39, 0.29) is 24.0 Å². The Balaban J connectivity index is 1.77. The van der Waals surface area contributed by atoms with Crippen LogP contribution in [0, 0.1) is 6.92 Å². The highest BCUT2D eigenvalue weighted by Crippen LogP contribution is 2.40. The van der Waals surface area contributed by atoms with Gasteiger partial charge in [0, 0.05) is 18.2 Å². The second-order valence-corrected chi connectivity index (χ2v) is 7.49. The third kappa shape index (κ3) is 3.34. The van der Waals surface area contributed by atoms with Crippen molar-refractivity contribution >= 4 is 23.3 Å².